The summed E-state index contributed by atoms with van der Waals surface area (Å²) in [7, 11) is 0. The first-order valence-corrected chi connectivity index (χ1v) is 12.7. The van der Waals surface area contributed by atoms with Crippen LogP contribution in [0.25, 0.3) is 0 Å². The molecule has 3 heteroatoms. The van der Waals surface area contributed by atoms with Gasteiger partial charge in [-0.1, -0.05) is 43.0 Å². The lowest BCUT2D eigenvalue weighted by Crippen LogP contribution is -2.34. The molecule has 0 aliphatic heterocycles. The molecule has 33 heavy (non-hydrogen) atoms. The van der Waals surface area contributed by atoms with Crippen molar-refractivity contribution < 1.29 is 9.84 Å². The van der Waals surface area contributed by atoms with Crippen molar-refractivity contribution in [1.82, 2.24) is 0 Å². The predicted octanol–water partition coefficient (Wildman–Crippen LogP) is 6.20. The van der Waals surface area contributed by atoms with Crippen molar-refractivity contribution in [3.05, 3.63) is 64.2 Å². The number of benzene rings is 2. The summed E-state index contributed by atoms with van der Waals surface area (Å²) in [6.45, 7) is 8.10. The number of unbranched alkanes of at least 4 members (excludes halogenated alkanes) is 2. The van der Waals surface area contributed by atoms with E-state index in [9.17, 15) is 5.11 Å². The summed E-state index contributed by atoms with van der Waals surface area (Å²) in [6, 6.07) is 13.2. The maximum absolute atomic E-state index is 10.2. The molecule has 1 saturated carbocycles. The lowest BCUT2D eigenvalue weighted by molar-refractivity contribution is 0.0240. The number of hydrogen-bond acceptors (Lipinski definition) is 3. The van der Waals surface area contributed by atoms with Gasteiger partial charge >= 0.3 is 0 Å². The van der Waals surface area contributed by atoms with E-state index in [1.165, 1.54) is 22.3 Å². The second-order valence-electron chi connectivity index (χ2n) is 9.80. The zero-order valence-electron chi connectivity index (χ0n) is 20.8. The zero-order valence-corrected chi connectivity index (χ0v) is 20.8. The highest BCUT2D eigenvalue weighted by Crippen LogP contribution is 2.31. The van der Waals surface area contributed by atoms with Gasteiger partial charge < -0.3 is 15.6 Å². The van der Waals surface area contributed by atoms with Crippen LogP contribution in [0.3, 0.4) is 0 Å². The van der Waals surface area contributed by atoms with Crippen molar-refractivity contribution in [3.8, 4) is 17.6 Å². The summed E-state index contributed by atoms with van der Waals surface area (Å²) in [6.07, 6.45) is 9.34. The van der Waals surface area contributed by atoms with Gasteiger partial charge in [0.1, 0.15) is 11.4 Å². The fourth-order valence-corrected chi connectivity index (χ4v) is 4.37. The van der Waals surface area contributed by atoms with E-state index in [0.29, 0.717) is 5.92 Å². The summed E-state index contributed by atoms with van der Waals surface area (Å²) >= 11 is 0. The van der Waals surface area contributed by atoms with Gasteiger partial charge in [-0.15, -0.1) is 0 Å². The number of hydrogen-bond donors (Lipinski definition) is 2. The van der Waals surface area contributed by atoms with Gasteiger partial charge in [0.2, 0.25) is 0 Å². The highest BCUT2D eigenvalue weighted by Gasteiger charge is 2.32. The lowest BCUT2D eigenvalue weighted by atomic mass is 9.81. The van der Waals surface area contributed by atoms with Crippen LogP contribution in [-0.2, 0) is 6.42 Å². The fourth-order valence-electron chi connectivity index (χ4n) is 4.37. The number of aryl methyl sites for hydroxylation is 3. The van der Waals surface area contributed by atoms with Crippen LogP contribution < -0.4 is 10.5 Å². The summed E-state index contributed by atoms with van der Waals surface area (Å²) in [5.41, 5.74) is 11.0. The Morgan fingerprint density at radius 1 is 1.03 bits per heavy atom. The molecule has 0 heterocycles. The quantitative estimate of drug-likeness (QED) is 0.318. The Kier molecular flexibility index (Phi) is 9.41. The third-order valence-corrected chi connectivity index (χ3v) is 6.88. The summed E-state index contributed by atoms with van der Waals surface area (Å²) < 4.78 is 5.96. The molecule has 1 aliphatic carbocycles. The van der Waals surface area contributed by atoms with E-state index in [0.717, 1.165) is 82.3 Å². The Balaban J connectivity index is 1.46. The second kappa shape index (κ2) is 12.3. The average Bonchev–Trinajstić information content (AvgIpc) is 2.78. The Morgan fingerprint density at radius 3 is 2.52 bits per heavy atom. The number of ether oxygens (including phenoxy) is 1. The van der Waals surface area contributed by atoms with Gasteiger partial charge in [-0.25, -0.2) is 0 Å². The van der Waals surface area contributed by atoms with Crippen LogP contribution in [0.5, 0.6) is 5.75 Å². The molecule has 1 unspecified atom stereocenters. The van der Waals surface area contributed by atoms with Gasteiger partial charge in [0, 0.05) is 5.56 Å². The largest absolute Gasteiger partial charge is 0.493 e. The summed E-state index contributed by atoms with van der Waals surface area (Å²) in [5.74, 6) is 7.79. The third-order valence-electron chi connectivity index (χ3n) is 6.88. The van der Waals surface area contributed by atoms with E-state index >= 15 is 0 Å². The van der Waals surface area contributed by atoms with Crippen LogP contribution in [0.4, 0.5) is 0 Å². The van der Waals surface area contributed by atoms with Gasteiger partial charge in [0.05, 0.1) is 6.61 Å². The first kappa shape index (κ1) is 25.3. The Hall–Kier alpha value is -2.28. The van der Waals surface area contributed by atoms with Crippen LogP contribution in [0.1, 0.15) is 92.0 Å². The average molecular weight is 448 g/mol. The smallest absolute Gasteiger partial charge is 0.125 e. The molecule has 178 valence electrons. The van der Waals surface area contributed by atoms with Gasteiger partial charge in [0.15, 0.2) is 0 Å². The predicted molar refractivity (Wildman–Crippen MR) is 138 cm³/mol. The Bertz CT molecular complexity index is 965. The highest BCUT2D eigenvalue weighted by atomic mass is 16.5. The highest BCUT2D eigenvalue weighted by molar-refractivity contribution is 5.44. The van der Waals surface area contributed by atoms with Crippen LogP contribution in [0.2, 0.25) is 0 Å². The first-order valence-electron chi connectivity index (χ1n) is 12.7. The topological polar surface area (TPSA) is 55.5 Å². The minimum Gasteiger partial charge on any atom is -0.493 e. The summed E-state index contributed by atoms with van der Waals surface area (Å²) in [5, 5.41) is 10.2. The lowest BCUT2D eigenvalue weighted by Gasteiger charge is -2.30. The molecule has 3 rings (SSSR count). The fraction of sp³-hybridized carbons (Fsp3) is 0.533. The molecule has 2 aromatic carbocycles. The molecule has 0 bridgehead atoms. The minimum atomic E-state index is -0.742. The molecular weight excluding hydrogens is 406 g/mol. The van der Waals surface area contributed by atoms with E-state index in [1.54, 1.807) is 0 Å². The number of aliphatic hydroxyl groups is 1. The standard InChI is InChI=1S/C30H41NO2/c1-23(28-13-14-29(25(3)22-28)33-20-6-4-5-19-31)9-7-10-26-11-12-27(24(2)21-26)15-18-30(32)16-8-17-30/h11-14,21-23,32H,4-10,16-17,19-20,31H2,1-3H3. The van der Waals surface area contributed by atoms with Crippen molar-refractivity contribution in [2.75, 3.05) is 13.2 Å². The molecule has 0 saturated heterocycles. The van der Waals surface area contributed by atoms with E-state index in [1.807, 2.05) is 0 Å². The van der Waals surface area contributed by atoms with E-state index in [4.69, 9.17) is 10.5 Å². The van der Waals surface area contributed by atoms with Crippen molar-refractivity contribution in [2.45, 2.75) is 90.1 Å². The molecule has 2 aromatic rings. The Labute approximate surface area is 200 Å². The normalized spacial score (nSPS) is 15.3. The second-order valence-corrected chi connectivity index (χ2v) is 9.80. The van der Waals surface area contributed by atoms with E-state index in [2.05, 4.69) is 69.0 Å². The van der Waals surface area contributed by atoms with Crippen molar-refractivity contribution in [3.63, 3.8) is 0 Å². The van der Waals surface area contributed by atoms with Crippen LogP contribution in [0.15, 0.2) is 36.4 Å². The molecule has 0 amide bonds. The van der Waals surface area contributed by atoms with Gasteiger partial charge in [-0.05, 0) is 118 Å². The van der Waals surface area contributed by atoms with Gasteiger partial charge in [-0.3, -0.25) is 0 Å². The molecule has 3 nitrogen and oxygen atoms in total. The minimum absolute atomic E-state index is 0.525. The summed E-state index contributed by atoms with van der Waals surface area (Å²) in [4.78, 5) is 0. The van der Waals surface area contributed by atoms with Crippen LogP contribution in [-0.4, -0.2) is 23.9 Å². The molecule has 0 aromatic heterocycles. The molecule has 1 aliphatic rings. The monoisotopic (exact) mass is 447 g/mol. The molecule has 0 spiro atoms. The van der Waals surface area contributed by atoms with Crippen LogP contribution >= 0.6 is 0 Å². The van der Waals surface area contributed by atoms with Gasteiger partial charge in [0.25, 0.3) is 0 Å². The SMILES string of the molecule is Cc1cc(CCCC(C)c2ccc(OCCCCCN)c(C)c2)ccc1C#CC1(O)CCC1. The number of rotatable bonds is 11. The zero-order chi connectivity index (χ0) is 23.7. The van der Waals surface area contributed by atoms with Crippen molar-refractivity contribution in [1.29, 1.82) is 0 Å². The molecule has 3 N–H and O–H groups in total. The van der Waals surface area contributed by atoms with E-state index in [-0.39, 0.29) is 0 Å². The molecular formula is C30H41NO2. The van der Waals surface area contributed by atoms with Crippen molar-refractivity contribution in [2.24, 2.45) is 5.73 Å². The number of nitrogens with two attached hydrogens (primary N) is 1. The first-order chi connectivity index (χ1) is 15.9. The Morgan fingerprint density at radius 2 is 1.85 bits per heavy atom. The maximum atomic E-state index is 10.2. The van der Waals surface area contributed by atoms with Crippen molar-refractivity contribution >= 4 is 0 Å². The maximum Gasteiger partial charge on any atom is 0.125 e. The molecule has 1 atom stereocenters. The van der Waals surface area contributed by atoms with Gasteiger partial charge in [-0.2, -0.15) is 0 Å². The van der Waals surface area contributed by atoms with E-state index < -0.39 is 5.60 Å². The molecule has 0 radical (unpaired) electrons. The molecule has 1 fully saturated rings. The third kappa shape index (κ3) is 7.63. The van der Waals surface area contributed by atoms with Crippen LogP contribution in [0, 0.1) is 25.7 Å².